The Hall–Kier alpha value is -0.980. The van der Waals surface area contributed by atoms with Crippen molar-refractivity contribution in [1.29, 1.82) is 0 Å². The lowest BCUT2D eigenvalue weighted by atomic mass is 9.86. The Morgan fingerprint density at radius 3 is 2.89 bits per heavy atom. The summed E-state index contributed by atoms with van der Waals surface area (Å²) in [6, 6.07) is 1.64. The molecule has 1 heterocycles. The summed E-state index contributed by atoms with van der Waals surface area (Å²) >= 11 is 1.17. The lowest BCUT2D eigenvalue weighted by molar-refractivity contribution is -0.380. The SMILES string of the molecule is CN(Cc1csc([N+](=O)[O-])c1)CC1CCCCC1O. The standard InChI is InChI=1S/C13H20N2O3S/c1-14(8-11-4-2-3-5-12(11)16)7-10-6-13(15(17)18)19-9-10/h6,9,11-12,16H,2-5,7-8H2,1H3. The summed E-state index contributed by atoms with van der Waals surface area (Å²) in [4.78, 5) is 12.4. The number of nitrogens with zero attached hydrogens (tertiary/aromatic N) is 2. The van der Waals surface area contributed by atoms with Crippen LogP contribution in [0.2, 0.25) is 0 Å². The van der Waals surface area contributed by atoms with Gasteiger partial charge in [0.05, 0.1) is 11.0 Å². The van der Waals surface area contributed by atoms with E-state index >= 15 is 0 Å². The maximum atomic E-state index is 10.6. The lowest BCUT2D eigenvalue weighted by Gasteiger charge is -2.31. The van der Waals surface area contributed by atoms with Gasteiger partial charge < -0.3 is 10.0 Å². The zero-order chi connectivity index (χ0) is 13.8. The Balaban J connectivity index is 1.85. The summed E-state index contributed by atoms with van der Waals surface area (Å²) in [5.74, 6) is 0.340. The normalized spacial score (nSPS) is 23.7. The first kappa shape index (κ1) is 14.4. The van der Waals surface area contributed by atoms with E-state index in [1.165, 1.54) is 17.8 Å². The summed E-state index contributed by atoms with van der Waals surface area (Å²) in [6.07, 6.45) is 4.11. The van der Waals surface area contributed by atoms with Crippen LogP contribution in [0.5, 0.6) is 0 Å². The fourth-order valence-electron chi connectivity index (χ4n) is 2.72. The first-order valence-corrected chi connectivity index (χ1v) is 7.52. The predicted octanol–water partition coefficient (Wildman–Crippen LogP) is 2.64. The summed E-state index contributed by atoms with van der Waals surface area (Å²) in [5.41, 5.74) is 0.976. The van der Waals surface area contributed by atoms with Crippen molar-refractivity contribution in [3.05, 3.63) is 27.1 Å². The van der Waals surface area contributed by atoms with Gasteiger partial charge in [0.25, 0.3) is 0 Å². The number of thiophene rings is 1. The quantitative estimate of drug-likeness (QED) is 0.667. The van der Waals surface area contributed by atoms with Crippen LogP contribution in [-0.2, 0) is 6.54 Å². The molecular formula is C13H20N2O3S. The average molecular weight is 284 g/mol. The van der Waals surface area contributed by atoms with E-state index in [4.69, 9.17) is 0 Å². The zero-order valence-corrected chi connectivity index (χ0v) is 11.9. The van der Waals surface area contributed by atoms with Crippen molar-refractivity contribution < 1.29 is 10.0 Å². The van der Waals surface area contributed by atoms with E-state index in [2.05, 4.69) is 4.90 Å². The van der Waals surface area contributed by atoms with Crippen LogP contribution >= 0.6 is 11.3 Å². The molecule has 5 nitrogen and oxygen atoms in total. The molecule has 0 spiro atoms. The Kier molecular flexibility index (Phi) is 4.90. The van der Waals surface area contributed by atoms with Gasteiger partial charge in [-0.1, -0.05) is 24.2 Å². The lowest BCUT2D eigenvalue weighted by Crippen LogP contribution is -2.34. The third-order valence-electron chi connectivity index (χ3n) is 3.69. The Morgan fingerprint density at radius 2 is 2.26 bits per heavy atom. The van der Waals surface area contributed by atoms with Crippen LogP contribution in [-0.4, -0.2) is 34.6 Å². The molecule has 106 valence electrons. The number of rotatable bonds is 5. The number of aliphatic hydroxyl groups is 1. The van der Waals surface area contributed by atoms with Crippen LogP contribution in [0, 0.1) is 16.0 Å². The second kappa shape index (κ2) is 6.45. The molecule has 6 heteroatoms. The molecule has 1 fully saturated rings. The maximum absolute atomic E-state index is 10.6. The first-order chi connectivity index (χ1) is 9.06. The molecule has 0 aromatic carbocycles. The van der Waals surface area contributed by atoms with E-state index in [0.29, 0.717) is 12.5 Å². The number of aliphatic hydroxyl groups excluding tert-OH is 1. The minimum atomic E-state index is -0.348. The molecule has 2 rings (SSSR count). The highest BCUT2D eigenvalue weighted by atomic mass is 32.1. The smallest absolute Gasteiger partial charge is 0.324 e. The molecular weight excluding hydrogens is 264 g/mol. The summed E-state index contributed by atoms with van der Waals surface area (Å²) in [6.45, 7) is 1.55. The van der Waals surface area contributed by atoms with Gasteiger partial charge in [-0.25, -0.2) is 0 Å². The van der Waals surface area contributed by atoms with Crippen molar-refractivity contribution in [2.75, 3.05) is 13.6 Å². The fraction of sp³-hybridized carbons (Fsp3) is 0.692. The molecule has 19 heavy (non-hydrogen) atoms. The van der Waals surface area contributed by atoms with E-state index in [9.17, 15) is 15.2 Å². The van der Waals surface area contributed by atoms with Crippen molar-refractivity contribution in [3.8, 4) is 0 Å². The van der Waals surface area contributed by atoms with Crippen molar-refractivity contribution in [2.24, 2.45) is 5.92 Å². The van der Waals surface area contributed by atoms with Gasteiger partial charge in [-0.15, -0.1) is 0 Å². The van der Waals surface area contributed by atoms with E-state index in [-0.39, 0.29) is 16.0 Å². The Morgan fingerprint density at radius 1 is 1.53 bits per heavy atom. The number of nitro groups is 1. The maximum Gasteiger partial charge on any atom is 0.324 e. The molecule has 0 aliphatic heterocycles. The number of hydrogen-bond acceptors (Lipinski definition) is 5. The van der Waals surface area contributed by atoms with Crippen LogP contribution < -0.4 is 0 Å². The molecule has 0 bridgehead atoms. The molecule has 1 aromatic rings. The molecule has 1 N–H and O–H groups in total. The Bertz CT molecular complexity index is 435. The molecule has 1 saturated carbocycles. The summed E-state index contributed by atoms with van der Waals surface area (Å²) in [7, 11) is 2.00. The molecule has 0 radical (unpaired) electrons. The molecule has 0 saturated heterocycles. The van der Waals surface area contributed by atoms with Crippen molar-refractivity contribution >= 4 is 16.3 Å². The average Bonchev–Trinajstić information content (AvgIpc) is 2.80. The molecule has 0 amide bonds. The van der Waals surface area contributed by atoms with E-state index in [1.54, 1.807) is 6.07 Å². The minimum Gasteiger partial charge on any atom is -0.393 e. The van der Waals surface area contributed by atoms with E-state index in [1.807, 2.05) is 12.4 Å². The van der Waals surface area contributed by atoms with Crippen molar-refractivity contribution in [3.63, 3.8) is 0 Å². The molecule has 1 aliphatic carbocycles. The van der Waals surface area contributed by atoms with Gasteiger partial charge in [0.2, 0.25) is 0 Å². The first-order valence-electron chi connectivity index (χ1n) is 6.64. The predicted molar refractivity (Wildman–Crippen MR) is 75.3 cm³/mol. The van der Waals surface area contributed by atoms with E-state index in [0.717, 1.165) is 31.4 Å². The van der Waals surface area contributed by atoms with E-state index < -0.39 is 0 Å². The van der Waals surface area contributed by atoms with Crippen LogP contribution in [0.1, 0.15) is 31.2 Å². The van der Waals surface area contributed by atoms with Gasteiger partial charge in [-0.3, -0.25) is 10.1 Å². The van der Waals surface area contributed by atoms with Gasteiger partial charge in [0.15, 0.2) is 0 Å². The summed E-state index contributed by atoms with van der Waals surface area (Å²) < 4.78 is 0. The zero-order valence-electron chi connectivity index (χ0n) is 11.1. The largest absolute Gasteiger partial charge is 0.393 e. The highest BCUT2D eigenvalue weighted by molar-refractivity contribution is 7.13. The Labute approximate surface area is 117 Å². The highest BCUT2D eigenvalue weighted by Gasteiger charge is 2.24. The van der Waals surface area contributed by atoms with Crippen molar-refractivity contribution in [2.45, 2.75) is 38.3 Å². The molecule has 2 unspecified atom stereocenters. The monoisotopic (exact) mass is 284 g/mol. The second-order valence-corrected chi connectivity index (χ2v) is 6.25. The molecule has 2 atom stereocenters. The van der Waals surface area contributed by atoms with Gasteiger partial charge in [-0.2, -0.15) is 0 Å². The number of hydrogen-bond donors (Lipinski definition) is 1. The van der Waals surface area contributed by atoms with Gasteiger partial charge in [0.1, 0.15) is 0 Å². The van der Waals surface area contributed by atoms with Gasteiger partial charge in [-0.05, 0) is 31.4 Å². The summed E-state index contributed by atoms with van der Waals surface area (Å²) in [5, 5.41) is 22.6. The van der Waals surface area contributed by atoms with Crippen LogP contribution in [0.15, 0.2) is 11.4 Å². The second-order valence-electron chi connectivity index (χ2n) is 5.36. The third kappa shape index (κ3) is 3.99. The highest BCUT2D eigenvalue weighted by Crippen LogP contribution is 2.26. The van der Waals surface area contributed by atoms with Crippen LogP contribution in [0.25, 0.3) is 0 Å². The third-order valence-corrected chi connectivity index (χ3v) is 4.62. The van der Waals surface area contributed by atoms with Crippen LogP contribution in [0.3, 0.4) is 0 Å². The van der Waals surface area contributed by atoms with Gasteiger partial charge >= 0.3 is 5.00 Å². The molecule has 1 aromatic heterocycles. The topological polar surface area (TPSA) is 66.6 Å². The molecule has 1 aliphatic rings. The fourth-order valence-corrected chi connectivity index (χ4v) is 3.44. The van der Waals surface area contributed by atoms with Crippen LogP contribution in [0.4, 0.5) is 5.00 Å². The van der Waals surface area contributed by atoms with Gasteiger partial charge in [0, 0.05) is 24.5 Å². The van der Waals surface area contributed by atoms with Crippen molar-refractivity contribution in [1.82, 2.24) is 4.90 Å². The minimum absolute atomic E-state index is 0.187.